The molecule has 0 saturated carbocycles. The van der Waals surface area contributed by atoms with Gasteiger partial charge in [0, 0.05) is 11.3 Å². The van der Waals surface area contributed by atoms with Crippen LogP contribution in [0.15, 0.2) is 54.2 Å². The fourth-order valence-corrected chi connectivity index (χ4v) is 2.59. The maximum atomic E-state index is 13.1. The first-order valence-corrected chi connectivity index (χ1v) is 8.53. The summed E-state index contributed by atoms with van der Waals surface area (Å²) < 4.78 is 13.1. The quantitative estimate of drug-likeness (QED) is 0.191. The second kappa shape index (κ2) is 7.83. The molecule has 0 unspecified atom stereocenters. The van der Waals surface area contributed by atoms with Crippen molar-refractivity contribution in [3.8, 4) is 17.2 Å². The minimum atomic E-state index is -0.611. The van der Waals surface area contributed by atoms with Gasteiger partial charge >= 0.3 is 0 Å². The first-order valence-electron chi connectivity index (χ1n) is 8.53. The molecule has 10 nitrogen and oxygen atoms in total. The zero-order chi connectivity index (χ0) is 21.1. The molecular weight excluding hydrogens is 393 g/mol. The number of hydrogen-bond acceptors (Lipinski definition) is 10. The summed E-state index contributed by atoms with van der Waals surface area (Å²) in [7, 11) is 0. The van der Waals surface area contributed by atoms with Crippen LogP contribution in [0.2, 0.25) is 0 Å². The normalized spacial score (nSPS) is 11.1. The Kier molecular flexibility index (Phi) is 4.91. The molecule has 2 aromatic carbocycles. The molecule has 0 aliphatic carbocycles. The highest BCUT2D eigenvalue weighted by atomic mass is 19.1. The summed E-state index contributed by atoms with van der Waals surface area (Å²) in [6, 6.07) is 8.23. The van der Waals surface area contributed by atoms with Crippen LogP contribution in [-0.2, 0) is 0 Å². The van der Waals surface area contributed by atoms with Crippen LogP contribution >= 0.6 is 0 Å². The number of halogens is 1. The summed E-state index contributed by atoms with van der Waals surface area (Å²) in [6.07, 6.45) is 3.94. The van der Waals surface area contributed by atoms with Gasteiger partial charge in [-0.15, -0.1) is 0 Å². The first kappa shape index (κ1) is 18.8. The van der Waals surface area contributed by atoms with E-state index in [2.05, 4.69) is 35.8 Å². The lowest BCUT2D eigenvalue weighted by molar-refractivity contribution is 0.368. The molecule has 0 spiro atoms. The molecular formula is C19H14FN7O3. The van der Waals surface area contributed by atoms with Crippen LogP contribution in [0, 0.1) is 5.82 Å². The number of benzene rings is 2. The van der Waals surface area contributed by atoms with Crippen molar-refractivity contribution < 1.29 is 19.7 Å². The minimum Gasteiger partial charge on any atom is -0.504 e. The third-order valence-corrected chi connectivity index (χ3v) is 4.00. The van der Waals surface area contributed by atoms with Crippen LogP contribution in [0.1, 0.15) is 5.56 Å². The molecule has 0 saturated heterocycles. The molecule has 0 radical (unpaired) electrons. The number of anilines is 3. The van der Waals surface area contributed by atoms with E-state index in [4.69, 9.17) is 0 Å². The van der Waals surface area contributed by atoms with Gasteiger partial charge in [-0.1, -0.05) is 0 Å². The summed E-state index contributed by atoms with van der Waals surface area (Å²) in [5, 5.41) is 35.5. The maximum Gasteiger partial charge on any atom is 0.200 e. The monoisotopic (exact) mass is 407 g/mol. The van der Waals surface area contributed by atoms with Gasteiger partial charge in [-0.3, -0.25) is 5.43 Å². The number of rotatable bonds is 5. The van der Waals surface area contributed by atoms with Crippen molar-refractivity contribution in [2.75, 3.05) is 10.7 Å². The molecule has 4 rings (SSSR count). The van der Waals surface area contributed by atoms with Gasteiger partial charge in [0.05, 0.1) is 6.21 Å². The van der Waals surface area contributed by atoms with Crippen molar-refractivity contribution in [1.29, 1.82) is 0 Å². The minimum absolute atomic E-state index is 0.285. The first-order chi connectivity index (χ1) is 14.5. The molecule has 0 amide bonds. The number of nitrogens with one attached hydrogen (secondary N) is 2. The van der Waals surface area contributed by atoms with E-state index in [1.165, 1.54) is 43.1 Å². The Morgan fingerprint density at radius 3 is 2.10 bits per heavy atom. The number of hydrogen-bond donors (Lipinski definition) is 5. The van der Waals surface area contributed by atoms with E-state index in [0.29, 0.717) is 28.1 Å². The van der Waals surface area contributed by atoms with Crippen molar-refractivity contribution in [1.82, 2.24) is 19.9 Å². The lowest BCUT2D eigenvalue weighted by atomic mass is 10.2. The second-order valence-electron chi connectivity index (χ2n) is 6.05. The number of nitrogens with zero attached hydrogens (tertiary/aromatic N) is 5. The Balaban J connectivity index is 1.60. The van der Waals surface area contributed by atoms with Gasteiger partial charge in [0.25, 0.3) is 0 Å². The molecule has 0 aliphatic rings. The Morgan fingerprint density at radius 2 is 1.43 bits per heavy atom. The Labute approximate surface area is 168 Å². The average molecular weight is 407 g/mol. The molecule has 11 heteroatoms. The highest BCUT2D eigenvalue weighted by molar-refractivity contribution is 5.93. The van der Waals surface area contributed by atoms with Crippen molar-refractivity contribution in [3.05, 3.63) is 60.4 Å². The molecule has 150 valence electrons. The van der Waals surface area contributed by atoms with Gasteiger partial charge in [-0.2, -0.15) is 5.10 Å². The number of phenols is 3. The highest BCUT2D eigenvalue weighted by Crippen LogP contribution is 2.34. The van der Waals surface area contributed by atoms with Crippen molar-refractivity contribution in [2.45, 2.75) is 0 Å². The fraction of sp³-hybridized carbons (Fsp3) is 0. The van der Waals surface area contributed by atoms with Gasteiger partial charge in [0.15, 0.2) is 28.9 Å². The van der Waals surface area contributed by atoms with Crippen molar-refractivity contribution in [2.24, 2.45) is 5.10 Å². The smallest absolute Gasteiger partial charge is 0.200 e. The Morgan fingerprint density at radius 1 is 0.833 bits per heavy atom. The molecule has 2 aromatic heterocycles. The zero-order valence-electron chi connectivity index (χ0n) is 15.2. The van der Waals surface area contributed by atoms with E-state index in [-0.39, 0.29) is 11.6 Å². The standard InChI is InChI=1S/C19H14FN7O3/c20-11-1-3-12(4-2-11)26-18-15-16(22-8-23-18)19(24-9-21-15)27-25-7-10-5-13(28)17(30)14(29)6-10/h1-9,28-30H,(H,21,24,27)(H,22,23,26)/b25-7+. The van der Waals surface area contributed by atoms with Gasteiger partial charge < -0.3 is 20.6 Å². The number of aromatic hydroxyl groups is 3. The van der Waals surface area contributed by atoms with Crippen LogP contribution < -0.4 is 10.7 Å². The largest absolute Gasteiger partial charge is 0.504 e. The predicted molar refractivity (Wildman–Crippen MR) is 107 cm³/mol. The molecule has 30 heavy (non-hydrogen) atoms. The fourth-order valence-electron chi connectivity index (χ4n) is 2.59. The van der Waals surface area contributed by atoms with E-state index in [9.17, 15) is 19.7 Å². The summed E-state index contributed by atoms with van der Waals surface area (Å²) in [5.41, 5.74) is 4.46. The van der Waals surface area contributed by atoms with Crippen molar-refractivity contribution in [3.63, 3.8) is 0 Å². The van der Waals surface area contributed by atoms with E-state index in [1.807, 2.05) is 0 Å². The molecule has 2 heterocycles. The van der Waals surface area contributed by atoms with Crippen LogP contribution in [0.3, 0.4) is 0 Å². The second-order valence-corrected chi connectivity index (χ2v) is 6.05. The number of aromatic nitrogens is 4. The molecule has 5 N–H and O–H groups in total. The Bertz CT molecular complexity index is 1230. The third-order valence-electron chi connectivity index (χ3n) is 4.00. The van der Waals surface area contributed by atoms with E-state index in [1.54, 1.807) is 12.1 Å². The van der Waals surface area contributed by atoms with Gasteiger partial charge in [0.1, 0.15) is 29.5 Å². The number of hydrazone groups is 1. The van der Waals surface area contributed by atoms with E-state index < -0.39 is 17.2 Å². The SMILES string of the molecule is Oc1cc(/C=N/Nc2ncnc3c(Nc4ccc(F)cc4)ncnc23)cc(O)c1O. The average Bonchev–Trinajstić information content (AvgIpc) is 2.74. The van der Waals surface area contributed by atoms with E-state index >= 15 is 0 Å². The Hall–Kier alpha value is -4.54. The van der Waals surface area contributed by atoms with E-state index in [0.717, 1.165) is 0 Å². The van der Waals surface area contributed by atoms with Gasteiger partial charge in [-0.25, -0.2) is 24.3 Å². The summed E-state index contributed by atoms with van der Waals surface area (Å²) in [5.74, 6) is -1.24. The summed E-state index contributed by atoms with van der Waals surface area (Å²) >= 11 is 0. The predicted octanol–water partition coefficient (Wildman–Crippen LogP) is 2.87. The number of phenolic OH excluding ortho intramolecular Hbond substituents is 3. The molecule has 0 atom stereocenters. The molecule has 0 bridgehead atoms. The summed E-state index contributed by atoms with van der Waals surface area (Å²) in [4.78, 5) is 16.6. The number of fused-ring (bicyclic) bond motifs is 1. The molecule has 0 fully saturated rings. The lowest BCUT2D eigenvalue weighted by Crippen LogP contribution is -2.02. The summed E-state index contributed by atoms with van der Waals surface area (Å²) in [6.45, 7) is 0. The third kappa shape index (κ3) is 3.85. The van der Waals surface area contributed by atoms with Crippen molar-refractivity contribution >= 4 is 34.6 Å². The van der Waals surface area contributed by atoms with Crippen LogP contribution in [-0.4, -0.2) is 41.5 Å². The maximum absolute atomic E-state index is 13.1. The van der Waals surface area contributed by atoms with Gasteiger partial charge in [0.2, 0.25) is 0 Å². The zero-order valence-corrected chi connectivity index (χ0v) is 15.2. The van der Waals surface area contributed by atoms with Crippen LogP contribution in [0.25, 0.3) is 11.0 Å². The molecule has 4 aromatic rings. The van der Waals surface area contributed by atoms with Gasteiger partial charge in [-0.05, 0) is 36.4 Å². The molecule has 0 aliphatic heterocycles. The lowest BCUT2D eigenvalue weighted by Gasteiger charge is -2.09. The highest BCUT2D eigenvalue weighted by Gasteiger charge is 2.11. The van der Waals surface area contributed by atoms with Crippen LogP contribution in [0.5, 0.6) is 17.2 Å². The topological polar surface area (TPSA) is 149 Å². The van der Waals surface area contributed by atoms with Crippen LogP contribution in [0.4, 0.5) is 21.7 Å².